The number of allylic oxidation sites excluding steroid dienone is 1. The van der Waals surface area contributed by atoms with Gasteiger partial charge < -0.3 is 19.5 Å². The molecular formula is C28H36F2N6O2. The molecule has 0 radical (unpaired) electrons. The summed E-state index contributed by atoms with van der Waals surface area (Å²) in [4.78, 5) is 16.2. The van der Waals surface area contributed by atoms with Crippen molar-refractivity contribution in [2.75, 3.05) is 51.8 Å². The van der Waals surface area contributed by atoms with E-state index in [2.05, 4.69) is 9.58 Å². The van der Waals surface area contributed by atoms with Crippen LogP contribution in [0.15, 0.2) is 17.8 Å². The molecule has 38 heavy (non-hydrogen) atoms. The lowest BCUT2D eigenvalue weighted by atomic mass is 9.95. The summed E-state index contributed by atoms with van der Waals surface area (Å²) in [6, 6.07) is 3.92. The van der Waals surface area contributed by atoms with Gasteiger partial charge in [-0.1, -0.05) is 0 Å². The van der Waals surface area contributed by atoms with Crippen molar-refractivity contribution >= 4 is 23.0 Å². The summed E-state index contributed by atoms with van der Waals surface area (Å²) >= 11 is 0. The number of benzene rings is 1. The van der Waals surface area contributed by atoms with Crippen LogP contribution in [0.3, 0.4) is 0 Å². The highest BCUT2D eigenvalue weighted by Crippen LogP contribution is 2.44. The standard InChI is InChI=1S/C28H36F2N6O2/c1-17-23(15-32(3)33(17)4)21-13-19-5-10-35(26(19)14-22(21)27(29)30)28-24-16-34(18(2)37)9-6-25(24)36(31-28)20-7-11-38-12-8-20/h13-14,20,27H,5-12,15-16H2,1-4H3. The van der Waals surface area contributed by atoms with E-state index in [-0.39, 0.29) is 17.5 Å². The quantitative estimate of drug-likeness (QED) is 0.593. The topological polar surface area (TPSA) is 57.1 Å². The van der Waals surface area contributed by atoms with E-state index in [4.69, 9.17) is 9.84 Å². The van der Waals surface area contributed by atoms with E-state index in [9.17, 15) is 13.6 Å². The zero-order valence-electron chi connectivity index (χ0n) is 22.6. The first-order chi connectivity index (χ1) is 18.2. The molecule has 0 saturated carbocycles. The molecule has 0 aliphatic carbocycles. The van der Waals surface area contributed by atoms with Crippen molar-refractivity contribution in [3.05, 3.63) is 45.8 Å². The Bertz CT molecular complexity index is 1300. The number of hydrogen-bond acceptors (Lipinski definition) is 6. The van der Waals surface area contributed by atoms with Crippen molar-refractivity contribution in [1.82, 2.24) is 24.7 Å². The van der Waals surface area contributed by atoms with Crippen molar-refractivity contribution < 1.29 is 18.3 Å². The number of likely N-dealkylation sites (N-methyl/N-ethyl adjacent to an activating group) is 1. The van der Waals surface area contributed by atoms with Gasteiger partial charge in [0.25, 0.3) is 6.43 Å². The lowest BCUT2D eigenvalue weighted by molar-refractivity contribution is -0.129. The van der Waals surface area contributed by atoms with E-state index in [0.29, 0.717) is 45.0 Å². The number of amides is 1. The molecule has 1 aromatic heterocycles. The third kappa shape index (κ3) is 4.09. The Morgan fingerprint density at radius 1 is 1.11 bits per heavy atom. The molecule has 1 amide bonds. The number of ether oxygens (including phenoxy) is 1. The van der Waals surface area contributed by atoms with Crippen molar-refractivity contribution in [2.45, 2.75) is 58.5 Å². The second-order valence-corrected chi connectivity index (χ2v) is 10.9. The molecule has 10 heteroatoms. The summed E-state index contributed by atoms with van der Waals surface area (Å²) in [6.07, 6.45) is 0.721. The molecule has 1 saturated heterocycles. The molecule has 5 heterocycles. The van der Waals surface area contributed by atoms with E-state index in [1.807, 2.05) is 42.0 Å². The van der Waals surface area contributed by atoms with Crippen LogP contribution >= 0.6 is 0 Å². The maximum Gasteiger partial charge on any atom is 0.264 e. The Balaban J connectivity index is 1.44. The number of rotatable bonds is 4. The highest BCUT2D eigenvalue weighted by molar-refractivity contribution is 5.80. The van der Waals surface area contributed by atoms with Gasteiger partial charge in [-0.3, -0.25) is 9.48 Å². The molecule has 0 unspecified atom stereocenters. The van der Waals surface area contributed by atoms with Gasteiger partial charge >= 0.3 is 0 Å². The molecule has 0 bridgehead atoms. The summed E-state index contributed by atoms with van der Waals surface area (Å²) in [5, 5.41) is 9.19. The van der Waals surface area contributed by atoms with Gasteiger partial charge in [-0.2, -0.15) is 5.10 Å². The minimum atomic E-state index is -2.59. The first-order valence-corrected chi connectivity index (χ1v) is 13.6. The fourth-order valence-corrected chi connectivity index (χ4v) is 6.44. The van der Waals surface area contributed by atoms with E-state index in [1.54, 1.807) is 13.0 Å². The van der Waals surface area contributed by atoms with E-state index in [1.165, 1.54) is 5.69 Å². The Hall–Kier alpha value is -2.98. The second kappa shape index (κ2) is 9.64. The number of fused-ring (bicyclic) bond motifs is 2. The van der Waals surface area contributed by atoms with Crippen LogP contribution in [0.4, 0.5) is 20.3 Å². The zero-order valence-corrected chi connectivity index (χ0v) is 22.6. The monoisotopic (exact) mass is 526 g/mol. The van der Waals surface area contributed by atoms with Gasteiger partial charge in [-0.25, -0.2) is 13.8 Å². The second-order valence-electron chi connectivity index (χ2n) is 10.9. The normalized spacial score (nSPS) is 20.7. The van der Waals surface area contributed by atoms with Gasteiger partial charge in [0, 0.05) is 88.5 Å². The van der Waals surface area contributed by atoms with Gasteiger partial charge in [0.2, 0.25) is 5.91 Å². The highest BCUT2D eigenvalue weighted by Gasteiger charge is 2.35. The predicted octanol–water partition coefficient (Wildman–Crippen LogP) is 4.29. The van der Waals surface area contributed by atoms with Crippen molar-refractivity contribution in [3.8, 4) is 0 Å². The molecular weight excluding hydrogens is 490 g/mol. The number of carbonyl (C=O) groups excluding carboxylic acids is 1. The number of carbonyl (C=O) groups is 1. The molecule has 0 atom stereocenters. The lowest BCUT2D eigenvalue weighted by Crippen LogP contribution is -2.35. The molecule has 6 rings (SSSR count). The first-order valence-electron chi connectivity index (χ1n) is 13.6. The first kappa shape index (κ1) is 25.3. The van der Waals surface area contributed by atoms with Crippen molar-refractivity contribution in [2.24, 2.45) is 0 Å². The number of halogens is 2. The van der Waals surface area contributed by atoms with Gasteiger partial charge in [0.1, 0.15) is 0 Å². The molecule has 204 valence electrons. The number of hydrogen-bond donors (Lipinski definition) is 0. The minimum Gasteiger partial charge on any atom is -0.381 e. The van der Waals surface area contributed by atoms with Crippen molar-refractivity contribution in [3.63, 3.8) is 0 Å². The van der Waals surface area contributed by atoms with Crippen LogP contribution in [0.2, 0.25) is 0 Å². The third-order valence-corrected chi connectivity index (χ3v) is 8.83. The molecule has 1 fully saturated rings. The maximum atomic E-state index is 14.5. The summed E-state index contributed by atoms with van der Waals surface area (Å²) in [7, 11) is 3.93. The smallest absolute Gasteiger partial charge is 0.264 e. The van der Waals surface area contributed by atoms with E-state index < -0.39 is 6.43 Å². The predicted molar refractivity (Wildman–Crippen MR) is 141 cm³/mol. The van der Waals surface area contributed by atoms with Crippen LogP contribution in [0.1, 0.15) is 67.1 Å². The van der Waals surface area contributed by atoms with Gasteiger partial charge in [-0.15, -0.1) is 0 Å². The number of aromatic nitrogens is 2. The van der Waals surface area contributed by atoms with E-state index in [0.717, 1.165) is 59.6 Å². The van der Waals surface area contributed by atoms with Crippen LogP contribution in [0, 0.1) is 0 Å². The Morgan fingerprint density at radius 3 is 2.53 bits per heavy atom. The van der Waals surface area contributed by atoms with Crippen LogP contribution in [0.5, 0.6) is 0 Å². The van der Waals surface area contributed by atoms with Gasteiger partial charge in [0.05, 0.1) is 12.6 Å². The third-order valence-electron chi connectivity index (χ3n) is 8.83. The molecule has 2 aromatic rings. The number of alkyl halides is 2. The van der Waals surface area contributed by atoms with Crippen LogP contribution in [-0.2, 0) is 28.9 Å². The fraction of sp³-hybridized carbons (Fsp3) is 0.571. The Kier molecular flexibility index (Phi) is 6.42. The molecule has 4 aliphatic rings. The molecule has 1 aromatic carbocycles. The number of nitrogens with zero attached hydrogens (tertiary/aromatic N) is 6. The van der Waals surface area contributed by atoms with Crippen LogP contribution < -0.4 is 4.90 Å². The molecule has 0 spiro atoms. The molecule has 4 aliphatic heterocycles. The van der Waals surface area contributed by atoms with E-state index >= 15 is 0 Å². The van der Waals surface area contributed by atoms with Gasteiger partial charge in [-0.05, 0) is 55.0 Å². The summed E-state index contributed by atoms with van der Waals surface area (Å²) in [6.45, 7) is 7.46. The fourth-order valence-electron chi connectivity index (χ4n) is 6.44. The average molecular weight is 527 g/mol. The minimum absolute atomic E-state index is 0.0435. The average Bonchev–Trinajstić information content (AvgIpc) is 3.57. The number of hydrazine groups is 1. The lowest BCUT2D eigenvalue weighted by Gasteiger charge is -2.29. The molecule has 0 N–H and O–H groups in total. The largest absolute Gasteiger partial charge is 0.381 e. The summed E-state index contributed by atoms with van der Waals surface area (Å²) < 4.78 is 36.8. The zero-order chi connectivity index (χ0) is 26.7. The Morgan fingerprint density at radius 2 is 1.87 bits per heavy atom. The highest BCUT2D eigenvalue weighted by atomic mass is 19.3. The Labute approximate surface area is 222 Å². The van der Waals surface area contributed by atoms with Crippen molar-refractivity contribution in [1.29, 1.82) is 0 Å². The SMILES string of the molecule is CC(=O)N1CCc2c(c(N3CCc4cc(C5=C(C)N(C)N(C)C5)c(C(F)F)cc43)nn2C2CCOCC2)C1. The number of anilines is 2. The van der Waals surface area contributed by atoms with Crippen LogP contribution in [0.25, 0.3) is 5.57 Å². The van der Waals surface area contributed by atoms with Crippen LogP contribution in [-0.4, -0.2) is 77.5 Å². The maximum absolute atomic E-state index is 14.5. The molecule has 8 nitrogen and oxygen atoms in total. The summed E-state index contributed by atoms with van der Waals surface area (Å²) in [5.41, 5.74) is 6.75. The summed E-state index contributed by atoms with van der Waals surface area (Å²) in [5.74, 6) is 0.849. The van der Waals surface area contributed by atoms with Gasteiger partial charge in [0.15, 0.2) is 5.82 Å².